The Labute approximate surface area is 252 Å². The molecule has 41 heavy (non-hydrogen) atoms. The fraction of sp³-hybridized carbons (Fsp3) is 0.333. The van der Waals surface area contributed by atoms with E-state index in [0.29, 0.717) is 34.3 Å². The van der Waals surface area contributed by atoms with Gasteiger partial charge in [0.15, 0.2) is 0 Å². The van der Waals surface area contributed by atoms with Crippen LogP contribution in [0.25, 0.3) is 0 Å². The number of amides is 2. The van der Waals surface area contributed by atoms with Gasteiger partial charge in [0, 0.05) is 13.1 Å². The van der Waals surface area contributed by atoms with Gasteiger partial charge in [-0.3, -0.25) is 13.9 Å². The number of benzene rings is 3. The molecule has 1 atom stereocenters. The van der Waals surface area contributed by atoms with Crippen molar-refractivity contribution < 1.29 is 22.7 Å². The van der Waals surface area contributed by atoms with E-state index in [1.165, 1.54) is 24.1 Å². The summed E-state index contributed by atoms with van der Waals surface area (Å²) >= 11 is 12.3. The lowest BCUT2D eigenvalue weighted by Crippen LogP contribution is -2.52. The van der Waals surface area contributed by atoms with Crippen LogP contribution in [0.5, 0.6) is 5.75 Å². The molecule has 0 saturated carbocycles. The van der Waals surface area contributed by atoms with Gasteiger partial charge in [0.1, 0.15) is 18.3 Å². The van der Waals surface area contributed by atoms with Crippen molar-refractivity contribution >= 4 is 50.7 Å². The minimum Gasteiger partial charge on any atom is -0.497 e. The second-order valence-corrected chi connectivity index (χ2v) is 12.0. The summed E-state index contributed by atoms with van der Waals surface area (Å²) in [5.74, 6) is -0.326. The number of anilines is 1. The Kier molecular flexibility index (Phi) is 11.9. The third-order valence-electron chi connectivity index (χ3n) is 6.52. The second-order valence-electron chi connectivity index (χ2n) is 9.36. The van der Waals surface area contributed by atoms with E-state index in [9.17, 15) is 18.0 Å². The number of carbonyl (C=O) groups excluding carboxylic acids is 2. The number of unbranched alkanes of at least 4 members (excludes halogenated alkanes) is 1. The number of methoxy groups -OCH3 is 1. The summed E-state index contributed by atoms with van der Waals surface area (Å²) in [4.78, 5) is 28.8. The van der Waals surface area contributed by atoms with Crippen LogP contribution in [0.1, 0.15) is 38.7 Å². The number of nitrogens with zero attached hydrogens (tertiary/aromatic N) is 2. The van der Waals surface area contributed by atoms with E-state index >= 15 is 0 Å². The van der Waals surface area contributed by atoms with Crippen LogP contribution in [-0.2, 0) is 26.2 Å². The zero-order chi connectivity index (χ0) is 30.0. The number of halogens is 2. The van der Waals surface area contributed by atoms with Crippen molar-refractivity contribution in [1.82, 2.24) is 10.2 Å². The Hall–Kier alpha value is -3.27. The third kappa shape index (κ3) is 8.38. The van der Waals surface area contributed by atoms with Crippen molar-refractivity contribution in [3.05, 3.63) is 88.4 Å². The maximum atomic E-state index is 14.1. The molecule has 0 spiro atoms. The standard InChI is InChI=1S/C30H35Cl2N3O5S/c1-4-6-18-33-30(37)28(5-2)34(20-22-12-17-26(31)27(32)19-22)29(36)21-35(23-13-15-24(40-3)16-14-23)41(38,39)25-10-8-7-9-11-25/h7-17,19,28H,4-6,18,20-21H2,1-3H3,(H,33,37). The molecule has 8 nitrogen and oxygen atoms in total. The van der Waals surface area contributed by atoms with Crippen LogP contribution in [0.15, 0.2) is 77.7 Å². The van der Waals surface area contributed by atoms with Gasteiger partial charge >= 0.3 is 0 Å². The molecular formula is C30H35Cl2N3O5S. The number of sulfonamides is 1. The smallest absolute Gasteiger partial charge is 0.264 e. The fourth-order valence-electron chi connectivity index (χ4n) is 4.26. The molecule has 3 rings (SSSR count). The van der Waals surface area contributed by atoms with E-state index in [4.69, 9.17) is 27.9 Å². The van der Waals surface area contributed by atoms with E-state index in [2.05, 4.69) is 5.32 Å². The Morgan fingerprint density at radius 3 is 2.22 bits per heavy atom. The molecule has 0 aliphatic carbocycles. The van der Waals surface area contributed by atoms with Gasteiger partial charge in [0.25, 0.3) is 10.0 Å². The highest BCUT2D eigenvalue weighted by molar-refractivity contribution is 7.92. The van der Waals surface area contributed by atoms with Gasteiger partial charge in [-0.05, 0) is 66.9 Å². The van der Waals surface area contributed by atoms with Crippen LogP contribution in [0.4, 0.5) is 5.69 Å². The number of nitrogens with one attached hydrogen (secondary N) is 1. The minimum atomic E-state index is -4.15. The zero-order valence-electron chi connectivity index (χ0n) is 23.3. The molecule has 0 aliphatic rings. The van der Waals surface area contributed by atoms with Gasteiger partial charge in [-0.1, -0.05) is 67.7 Å². The predicted octanol–water partition coefficient (Wildman–Crippen LogP) is 5.92. The lowest BCUT2D eigenvalue weighted by molar-refractivity contribution is -0.140. The summed E-state index contributed by atoms with van der Waals surface area (Å²) < 4.78 is 34.0. The van der Waals surface area contributed by atoms with Crippen molar-refractivity contribution in [2.75, 3.05) is 24.5 Å². The minimum absolute atomic E-state index is 0.0251. The summed E-state index contributed by atoms with van der Waals surface area (Å²) in [5.41, 5.74) is 0.924. The molecular weight excluding hydrogens is 585 g/mol. The molecule has 3 aromatic rings. The average Bonchev–Trinajstić information content (AvgIpc) is 2.98. The topological polar surface area (TPSA) is 96.0 Å². The molecule has 3 aromatic carbocycles. The van der Waals surface area contributed by atoms with Gasteiger partial charge in [0.2, 0.25) is 11.8 Å². The van der Waals surface area contributed by atoms with E-state index in [0.717, 1.165) is 17.1 Å². The van der Waals surface area contributed by atoms with E-state index < -0.39 is 28.5 Å². The first-order valence-electron chi connectivity index (χ1n) is 13.3. The molecule has 1 unspecified atom stereocenters. The Bertz CT molecular complexity index is 1420. The second kappa shape index (κ2) is 15.1. The number of carbonyl (C=O) groups is 2. The maximum absolute atomic E-state index is 14.1. The first-order valence-corrected chi connectivity index (χ1v) is 15.5. The molecule has 220 valence electrons. The van der Waals surface area contributed by atoms with E-state index in [-0.39, 0.29) is 23.0 Å². The Balaban J connectivity index is 2.04. The molecule has 0 saturated heterocycles. The molecule has 0 aliphatic heterocycles. The SMILES string of the molecule is CCCCNC(=O)C(CC)N(Cc1ccc(Cl)c(Cl)c1)C(=O)CN(c1ccc(OC)cc1)S(=O)(=O)c1ccccc1. The summed E-state index contributed by atoms with van der Waals surface area (Å²) in [6, 6.07) is 18.4. The molecule has 1 N–H and O–H groups in total. The molecule has 2 amide bonds. The van der Waals surface area contributed by atoms with Crippen LogP contribution >= 0.6 is 23.2 Å². The molecule has 0 aromatic heterocycles. The maximum Gasteiger partial charge on any atom is 0.264 e. The van der Waals surface area contributed by atoms with Crippen molar-refractivity contribution in [3.63, 3.8) is 0 Å². The molecule has 11 heteroatoms. The molecule has 0 radical (unpaired) electrons. The number of rotatable bonds is 14. The van der Waals surface area contributed by atoms with E-state index in [1.807, 2.05) is 6.92 Å². The van der Waals surface area contributed by atoms with Crippen LogP contribution in [-0.4, -0.2) is 51.4 Å². The lowest BCUT2D eigenvalue weighted by atomic mass is 10.1. The number of hydrogen-bond acceptors (Lipinski definition) is 5. The van der Waals surface area contributed by atoms with E-state index in [1.54, 1.807) is 67.6 Å². The van der Waals surface area contributed by atoms with Gasteiger partial charge < -0.3 is 15.0 Å². The predicted molar refractivity (Wildman–Crippen MR) is 163 cm³/mol. The summed E-state index contributed by atoms with van der Waals surface area (Å²) in [6.45, 7) is 3.79. The third-order valence-corrected chi connectivity index (χ3v) is 9.05. The van der Waals surface area contributed by atoms with Crippen LogP contribution in [0, 0.1) is 0 Å². The highest BCUT2D eigenvalue weighted by Gasteiger charge is 2.33. The van der Waals surface area contributed by atoms with Crippen molar-refractivity contribution in [2.24, 2.45) is 0 Å². The monoisotopic (exact) mass is 619 g/mol. The first kappa shape index (κ1) is 32.2. The molecule has 0 heterocycles. The largest absolute Gasteiger partial charge is 0.497 e. The normalized spacial score (nSPS) is 11.9. The van der Waals surface area contributed by atoms with Gasteiger partial charge in [-0.15, -0.1) is 0 Å². The lowest BCUT2D eigenvalue weighted by Gasteiger charge is -2.33. The quantitative estimate of drug-likeness (QED) is 0.226. The summed E-state index contributed by atoms with van der Waals surface area (Å²) in [5, 5.41) is 3.57. The van der Waals surface area contributed by atoms with Crippen molar-refractivity contribution in [3.8, 4) is 5.75 Å². The number of ether oxygens (including phenoxy) is 1. The zero-order valence-corrected chi connectivity index (χ0v) is 25.7. The van der Waals surface area contributed by atoms with Gasteiger partial charge in [0.05, 0.1) is 27.7 Å². The Morgan fingerprint density at radius 2 is 1.63 bits per heavy atom. The first-order chi connectivity index (χ1) is 19.6. The average molecular weight is 621 g/mol. The summed E-state index contributed by atoms with van der Waals surface area (Å²) in [6.07, 6.45) is 2.01. The number of hydrogen-bond donors (Lipinski definition) is 1. The molecule has 0 fully saturated rings. The summed E-state index contributed by atoms with van der Waals surface area (Å²) in [7, 11) is -2.64. The van der Waals surface area contributed by atoms with Crippen molar-refractivity contribution in [2.45, 2.75) is 50.6 Å². The van der Waals surface area contributed by atoms with Crippen LogP contribution in [0.2, 0.25) is 10.0 Å². The fourth-order valence-corrected chi connectivity index (χ4v) is 6.01. The van der Waals surface area contributed by atoms with Gasteiger partial charge in [-0.25, -0.2) is 8.42 Å². The molecule has 0 bridgehead atoms. The highest BCUT2D eigenvalue weighted by Crippen LogP contribution is 2.28. The highest BCUT2D eigenvalue weighted by atomic mass is 35.5. The van der Waals surface area contributed by atoms with Crippen LogP contribution < -0.4 is 14.4 Å². The Morgan fingerprint density at radius 1 is 0.951 bits per heavy atom. The van der Waals surface area contributed by atoms with Crippen LogP contribution in [0.3, 0.4) is 0 Å². The van der Waals surface area contributed by atoms with Crippen molar-refractivity contribution in [1.29, 1.82) is 0 Å². The van der Waals surface area contributed by atoms with Gasteiger partial charge in [-0.2, -0.15) is 0 Å².